The minimum atomic E-state index is 0.0645. The third kappa shape index (κ3) is 6.21. The van der Waals surface area contributed by atoms with Crippen LogP contribution in [0.25, 0.3) is 32.3 Å². The summed E-state index contributed by atoms with van der Waals surface area (Å²) in [6.07, 6.45) is 2.20. The molecule has 4 aromatic rings. The Labute approximate surface area is 200 Å². The number of amides is 1. The monoisotopic (exact) mass is 462 g/mol. The maximum absolute atomic E-state index is 12.2. The van der Waals surface area contributed by atoms with Crippen LogP contribution in [0.15, 0.2) is 54.6 Å². The molecule has 4 rings (SSSR count). The van der Waals surface area contributed by atoms with Crippen molar-refractivity contribution in [1.82, 2.24) is 5.32 Å². The third-order valence-electron chi connectivity index (χ3n) is 6.04. The zero-order valence-corrected chi connectivity index (χ0v) is 19.7. The van der Waals surface area contributed by atoms with E-state index in [4.69, 9.17) is 19.9 Å². The minimum absolute atomic E-state index is 0.0645. The molecule has 0 unspecified atom stereocenters. The molecule has 34 heavy (non-hydrogen) atoms. The summed E-state index contributed by atoms with van der Waals surface area (Å²) < 4.78 is 16.1. The van der Waals surface area contributed by atoms with Gasteiger partial charge in [-0.2, -0.15) is 0 Å². The SMILES string of the molecule is NCCOCCOCCOCCNC(=O)CCCc1ccc2ccc3cccc4ccc1c2c34. The molecule has 3 N–H and O–H groups in total. The van der Waals surface area contributed by atoms with Gasteiger partial charge in [-0.1, -0.05) is 54.6 Å². The molecular weight excluding hydrogens is 428 g/mol. The van der Waals surface area contributed by atoms with Crippen molar-refractivity contribution in [2.75, 3.05) is 52.7 Å². The number of aryl methyl sites for hydroxylation is 1. The summed E-state index contributed by atoms with van der Waals surface area (Å²) in [6, 6.07) is 19.7. The van der Waals surface area contributed by atoms with Gasteiger partial charge < -0.3 is 25.3 Å². The molecule has 0 radical (unpaired) electrons. The average molecular weight is 463 g/mol. The number of carbonyl (C=O) groups is 1. The summed E-state index contributed by atoms with van der Waals surface area (Å²) >= 11 is 0. The standard InChI is InChI=1S/C28H34N2O4/c29-13-15-32-17-19-34-20-18-33-16-14-30-26(31)6-2-3-21-7-8-24-10-9-22-4-1-5-23-11-12-25(21)28(24)27(22)23/h1,4-5,7-12H,2-3,6,13-20,29H2,(H,30,31). The van der Waals surface area contributed by atoms with E-state index in [2.05, 4.69) is 59.9 Å². The molecule has 0 heterocycles. The van der Waals surface area contributed by atoms with E-state index in [1.807, 2.05) is 0 Å². The summed E-state index contributed by atoms with van der Waals surface area (Å²) in [5.41, 5.74) is 6.64. The molecule has 4 aromatic carbocycles. The molecule has 6 heteroatoms. The smallest absolute Gasteiger partial charge is 0.220 e. The van der Waals surface area contributed by atoms with Crippen LogP contribution >= 0.6 is 0 Å². The van der Waals surface area contributed by atoms with Crippen molar-refractivity contribution in [2.24, 2.45) is 5.73 Å². The zero-order valence-electron chi connectivity index (χ0n) is 19.7. The highest BCUT2D eigenvalue weighted by atomic mass is 16.5. The summed E-state index contributed by atoms with van der Waals surface area (Å²) in [7, 11) is 0. The second-order valence-corrected chi connectivity index (χ2v) is 8.41. The van der Waals surface area contributed by atoms with Gasteiger partial charge in [-0.15, -0.1) is 0 Å². The average Bonchev–Trinajstić information content (AvgIpc) is 2.86. The van der Waals surface area contributed by atoms with Crippen molar-refractivity contribution in [3.8, 4) is 0 Å². The molecular formula is C28H34N2O4. The van der Waals surface area contributed by atoms with E-state index in [-0.39, 0.29) is 5.91 Å². The molecule has 0 aliphatic carbocycles. The van der Waals surface area contributed by atoms with Crippen LogP contribution in [-0.2, 0) is 25.4 Å². The fraction of sp³-hybridized carbons (Fsp3) is 0.393. The van der Waals surface area contributed by atoms with Crippen LogP contribution in [0, 0.1) is 0 Å². The van der Waals surface area contributed by atoms with E-state index in [0.717, 1.165) is 12.8 Å². The summed E-state index contributed by atoms with van der Waals surface area (Å²) in [6.45, 7) is 4.16. The van der Waals surface area contributed by atoms with Crippen molar-refractivity contribution in [3.05, 3.63) is 60.2 Å². The Hall–Kier alpha value is -2.77. The summed E-state index contributed by atoms with van der Waals surface area (Å²) in [5.74, 6) is 0.0645. The van der Waals surface area contributed by atoms with Crippen LogP contribution in [0.1, 0.15) is 18.4 Å². The first kappa shape index (κ1) is 24.4. The first-order valence-electron chi connectivity index (χ1n) is 12.1. The molecule has 180 valence electrons. The van der Waals surface area contributed by atoms with Crippen LogP contribution in [-0.4, -0.2) is 58.6 Å². The molecule has 0 saturated carbocycles. The van der Waals surface area contributed by atoms with Gasteiger partial charge in [0.05, 0.1) is 39.6 Å². The maximum Gasteiger partial charge on any atom is 0.220 e. The lowest BCUT2D eigenvalue weighted by atomic mass is 9.90. The first-order chi connectivity index (χ1) is 16.8. The maximum atomic E-state index is 12.2. The van der Waals surface area contributed by atoms with Crippen molar-refractivity contribution in [3.63, 3.8) is 0 Å². The molecule has 0 fully saturated rings. The van der Waals surface area contributed by atoms with E-state index in [1.165, 1.54) is 37.9 Å². The number of ether oxygens (including phenoxy) is 3. The van der Waals surface area contributed by atoms with Crippen LogP contribution in [0.3, 0.4) is 0 Å². The molecule has 6 nitrogen and oxygen atoms in total. The van der Waals surface area contributed by atoms with Crippen LogP contribution in [0.5, 0.6) is 0 Å². The van der Waals surface area contributed by atoms with Gasteiger partial charge in [-0.05, 0) is 50.7 Å². The predicted molar refractivity (Wildman–Crippen MR) is 138 cm³/mol. The van der Waals surface area contributed by atoms with Gasteiger partial charge in [0, 0.05) is 19.5 Å². The lowest BCUT2D eigenvalue weighted by Gasteiger charge is -2.14. The molecule has 0 spiro atoms. The van der Waals surface area contributed by atoms with Gasteiger partial charge >= 0.3 is 0 Å². The second-order valence-electron chi connectivity index (χ2n) is 8.41. The van der Waals surface area contributed by atoms with Gasteiger partial charge in [-0.3, -0.25) is 4.79 Å². The van der Waals surface area contributed by atoms with E-state index in [0.29, 0.717) is 59.2 Å². The number of hydrogen-bond donors (Lipinski definition) is 2. The molecule has 0 aliphatic heterocycles. The first-order valence-corrected chi connectivity index (χ1v) is 12.1. The Bertz CT molecular complexity index is 1180. The Kier molecular flexibility index (Phi) is 9.04. The van der Waals surface area contributed by atoms with Crippen molar-refractivity contribution >= 4 is 38.2 Å². The quantitative estimate of drug-likeness (QED) is 0.206. The van der Waals surface area contributed by atoms with Crippen LogP contribution in [0.4, 0.5) is 0 Å². The van der Waals surface area contributed by atoms with E-state index >= 15 is 0 Å². The summed E-state index contributed by atoms with van der Waals surface area (Å²) in [4.78, 5) is 12.2. The predicted octanol–water partition coefficient (Wildman–Crippen LogP) is 4.03. The van der Waals surface area contributed by atoms with Gasteiger partial charge in [0.15, 0.2) is 0 Å². The lowest BCUT2D eigenvalue weighted by Crippen LogP contribution is -2.27. The number of rotatable bonds is 15. The largest absolute Gasteiger partial charge is 0.378 e. The van der Waals surface area contributed by atoms with Crippen molar-refractivity contribution in [1.29, 1.82) is 0 Å². The van der Waals surface area contributed by atoms with Gasteiger partial charge in [0.1, 0.15) is 0 Å². The molecule has 0 aromatic heterocycles. The van der Waals surface area contributed by atoms with Gasteiger partial charge in [0.2, 0.25) is 5.91 Å². The highest BCUT2D eigenvalue weighted by Gasteiger charge is 2.11. The lowest BCUT2D eigenvalue weighted by molar-refractivity contribution is -0.121. The van der Waals surface area contributed by atoms with E-state index < -0.39 is 0 Å². The molecule has 0 atom stereocenters. The molecule has 0 bridgehead atoms. The fourth-order valence-corrected chi connectivity index (χ4v) is 4.43. The number of benzene rings is 4. The molecule has 1 amide bonds. The Morgan fingerprint density at radius 1 is 0.735 bits per heavy atom. The Balaban J connectivity index is 1.17. The second kappa shape index (κ2) is 12.6. The highest BCUT2D eigenvalue weighted by molar-refractivity contribution is 6.23. The third-order valence-corrected chi connectivity index (χ3v) is 6.04. The molecule has 0 saturated heterocycles. The number of carbonyl (C=O) groups excluding carboxylic acids is 1. The number of hydrogen-bond acceptors (Lipinski definition) is 5. The number of nitrogens with one attached hydrogen (secondary N) is 1. The number of nitrogens with two attached hydrogens (primary N) is 1. The molecule has 0 aliphatic rings. The Morgan fingerprint density at radius 2 is 1.35 bits per heavy atom. The minimum Gasteiger partial charge on any atom is -0.378 e. The normalized spacial score (nSPS) is 11.7. The van der Waals surface area contributed by atoms with Crippen LogP contribution in [0.2, 0.25) is 0 Å². The fourth-order valence-electron chi connectivity index (χ4n) is 4.43. The van der Waals surface area contributed by atoms with E-state index in [1.54, 1.807) is 0 Å². The van der Waals surface area contributed by atoms with Gasteiger partial charge in [0.25, 0.3) is 0 Å². The Morgan fingerprint density at radius 3 is 2.09 bits per heavy atom. The zero-order chi connectivity index (χ0) is 23.6. The highest BCUT2D eigenvalue weighted by Crippen LogP contribution is 2.36. The van der Waals surface area contributed by atoms with Crippen LogP contribution < -0.4 is 11.1 Å². The summed E-state index contributed by atoms with van der Waals surface area (Å²) in [5, 5.41) is 10.7. The van der Waals surface area contributed by atoms with Crippen molar-refractivity contribution in [2.45, 2.75) is 19.3 Å². The van der Waals surface area contributed by atoms with Crippen molar-refractivity contribution < 1.29 is 19.0 Å². The topological polar surface area (TPSA) is 82.8 Å². The van der Waals surface area contributed by atoms with E-state index in [9.17, 15) is 4.79 Å². The van der Waals surface area contributed by atoms with Gasteiger partial charge in [-0.25, -0.2) is 0 Å².